The predicted molar refractivity (Wildman–Crippen MR) is 56.7 cm³/mol. The maximum atomic E-state index is 13.2. The van der Waals surface area contributed by atoms with Crippen LogP contribution in [0.25, 0.3) is 0 Å². The Bertz CT molecular complexity index is 431. The van der Waals surface area contributed by atoms with Crippen LogP contribution in [0.5, 0.6) is 0 Å². The van der Waals surface area contributed by atoms with Crippen LogP contribution in [0.1, 0.15) is 5.56 Å². The normalized spacial score (nSPS) is 11.6. The third kappa shape index (κ3) is 3.48. The van der Waals surface area contributed by atoms with Crippen LogP contribution in [0.4, 0.5) is 4.39 Å². The molecule has 0 aromatic heterocycles. The summed E-state index contributed by atoms with van der Waals surface area (Å²) in [4.78, 5) is 0.487. The lowest BCUT2D eigenvalue weighted by atomic mass is 10.2. The average Bonchev–Trinajstić information content (AvgIpc) is 2.01. The Hall–Kier alpha value is -0.260. The first kappa shape index (κ1) is 11.8. The van der Waals surface area contributed by atoms with Crippen LogP contribution in [-0.4, -0.2) is 14.7 Å². The second-order valence-corrected chi connectivity index (χ2v) is 6.28. The Morgan fingerprint density at radius 1 is 1.50 bits per heavy atom. The van der Waals surface area contributed by atoms with Crippen LogP contribution in [0.3, 0.4) is 0 Å². The number of rotatable bonds is 3. The van der Waals surface area contributed by atoms with Crippen molar-refractivity contribution in [1.29, 1.82) is 0 Å². The van der Waals surface area contributed by atoms with Gasteiger partial charge in [-0.1, -0.05) is 6.07 Å². The molecule has 0 bridgehead atoms. The molecule has 0 aliphatic heterocycles. The van der Waals surface area contributed by atoms with Gasteiger partial charge in [0.05, 0.1) is 5.75 Å². The molecule has 0 spiro atoms. The van der Waals surface area contributed by atoms with Gasteiger partial charge in [-0.05, 0) is 24.0 Å². The van der Waals surface area contributed by atoms with Crippen molar-refractivity contribution in [2.75, 3.05) is 6.26 Å². The molecule has 0 saturated heterocycles. The van der Waals surface area contributed by atoms with Crippen LogP contribution in [0.2, 0.25) is 0 Å². The summed E-state index contributed by atoms with van der Waals surface area (Å²) in [5, 5.41) is 0. The zero-order chi connectivity index (χ0) is 10.8. The average molecular weight is 255 g/mol. The SMILES string of the molecule is CSc1ccc(CS(=O)(=O)Cl)cc1F. The van der Waals surface area contributed by atoms with Gasteiger partial charge in [0.25, 0.3) is 0 Å². The summed E-state index contributed by atoms with van der Waals surface area (Å²) in [7, 11) is 1.42. The first-order valence-corrected chi connectivity index (χ1v) is 7.37. The molecule has 0 heterocycles. The molecule has 0 amide bonds. The minimum absolute atomic E-state index is 0.347. The lowest BCUT2D eigenvalue weighted by Gasteiger charge is -2.01. The molecule has 1 aromatic carbocycles. The van der Waals surface area contributed by atoms with Crippen molar-refractivity contribution in [3.8, 4) is 0 Å². The van der Waals surface area contributed by atoms with Crippen molar-refractivity contribution >= 4 is 31.5 Å². The quantitative estimate of drug-likeness (QED) is 0.614. The molecule has 0 atom stereocenters. The van der Waals surface area contributed by atoms with Gasteiger partial charge in [-0.2, -0.15) is 0 Å². The first-order valence-electron chi connectivity index (χ1n) is 3.67. The molecule has 0 saturated carbocycles. The molecule has 78 valence electrons. The highest BCUT2D eigenvalue weighted by Crippen LogP contribution is 2.21. The van der Waals surface area contributed by atoms with Gasteiger partial charge in [0.1, 0.15) is 5.82 Å². The third-order valence-electron chi connectivity index (χ3n) is 1.56. The van der Waals surface area contributed by atoms with Crippen molar-refractivity contribution in [2.45, 2.75) is 10.6 Å². The maximum absolute atomic E-state index is 13.2. The molecule has 14 heavy (non-hydrogen) atoms. The van der Waals surface area contributed by atoms with Gasteiger partial charge in [0.2, 0.25) is 9.05 Å². The van der Waals surface area contributed by atoms with E-state index in [2.05, 4.69) is 0 Å². The molecule has 0 fully saturated rings. The summed E-state index contributed by atoms with van der Waals surface area (Å²) < 4.78 is 34.6. The molecule has 2 nitrogen and oxygen atoms in total. The Labute approximate surface area is 90.9 Å². The van der Waals surface area contributed by atoms with E-state index in [1.165, 1.54) is 23.9 Å². The topological polar surface area (TPSA) is 34.1 Å². The summed E-state index contributed by atoms with van der Waals surface area (Å²) >= 11 is 1.26. The lowest BCUT2D eigenvalue weighted by Crippen LogP contribution is -1.96. The molecule has 0 radical (unpaired) electrons. The monoisotopic (exact) mass is 254 g/mol. The first-order chi connectivity index (χ1) is 6.42. The van der Waals surface area contributed by atoms with E-state index in [1.807, 2.05) is 0 Å². The zero-order valence-electron chi connectivity index (χ0n) is 7.33. The van der Waals surface area contributed by atoms with Crippen LogP contribution in [0, 0.1) is 5.82 Å². The van der Waals surface area contributed by atoms with Crippen LogP contribution >= 0.6 is 22.4 Å². The number of thioether (sulfide) groups is 1. The van der Waals surface area contributed by atoms with Crippen LogP contribution in [-0.2, 0) is 14.8 Å². The maximum Gasteiger partial charge on any atom is 0.236 e. The van der Waals surface area contributed by atoms with Crippen molar-refractivity contribution < 1.29 is 12.8 Å². The molecule has 0 aliphatic carbocycles. The van der Waals surface area contributed by atoms with Crippen molar-refractivity contribution in [2.24, 2.45) is 0 Å². The van der Waals surface area contributed by atoms with Crippen molar-refractivity contribution in [3.05, 3.63) is 29.6 Å². The summed E-state index contributed by atoms with van der Waals surface area (Å²) in [6.45, 7) is 0. The molecule has 0 N–H and O–H groups in total. The zero-order valence-corrected chi connectivity index (χ0v) is 9.72. The molecule has 0 unspecified atom stereocenters. The Balaban J connectivity index is 2.98. The predicted octanol–water partition coefficient (Wildman–Crippen LogP) is 2.62. The van der Waals surface area contributed by atoms with Crippen LogP contribution < -0.4 is 0 Å². The summed E-state index contributed by atoms with van der Waals surface area (Å²) in [5.74, 6) is -0.768. The van der Waals surface area contributed by atoms with E-state index in [0.717, 1.165) is 0 Å². The van der Waals surface area contributed by atoms with Gasteiger partial charge in [0, 0.05) is 15.6 Å². The van der Waals surface area contributed by atoms with E-state index in [-0.39, 0.29) is 5.75 Å². The van der Waals surface area contributed by atoms with Gasteiger partial charge < -0.3 is 0 Å². The van der Waals surface area contributed by atoms with E-state index in [0.29, 0.717) is 10.5 Å². The van der Waals surface area contributed by atoms with Gasteiger partial charge in [0.15, 0.2) is 0 Å². The minimum Gasteiger partial charge on any atom is -0.212 e. The smallest absolute Gasteiger partial charge is 0.212 e. The van der Waals surface area contributed by atoms with E-state index in [1.54, 1.807) is 12.3 Å². The lowest BCUT2D eigenvalue weighted by molar-refractivity contribution is 0.598. The highest BCUT2D eigenvalue weighted by Gasteiger charge is 2.09. The standard InChI is InChI=1S/C8H8ClFO2S2/c1-13-8-3-2-6(4-7(8)10)5-14(9,11)12/h2-4H,5H2,1H3. The molecular formula is C8H8ClFO2S2. The Morgan fingerprint density at radius 3 is 2.57 bits per heavy atom. The van der Waals surface area contributed by atoms with E-state index >= 15 is 0 Å². The molecule has 1 aromatic rings. The molecule has 6 heteroatoms. The fourth-order valence-electron chi connectivity index (χ4n) is 0.999. The number of benzene rings is 1. The van der Waals surface area contributed by atoms with Gasteiger partial charge in [-0.25, -0.2) is 12.8 Å². The summed E-state index contributed by atoms with van der Waals surface area (Å²) in [6.07, 6.45) is 1.75. The van der Waals surface area contributed by atoms with Crippen LogP contribution in [0.15, 0.2) is 23.1 Å². The highest BCUT2D eigenvalue weighted by atomic mass is 35.7. The third-order valence-corrected chi connectivity index (χ3v) is 3.33. The van der Waals surface area contributed by atoms with Gasteiger partial charge >= 0.3 is 0 Å². The fraction of sp³-hybridized carbons (Fsp3) is 0.250. The number of hydrogen-bond donors (Lipinski definition) is 0. The number of halogens is 2. The summed E-state index contributed by atoms with van der Waals surface area (Å²) in [6, 6.07) is 4.28. The second-order valence-electron chi connectivity index (χ2n) is 2.65. The fourth-order valence-corrected chi connectivity index (χ4v) is 2.41. The van der Waals surface area contributed by atoms with Crippen molar-refractivity contribution in [3.63, 3.8) is 0 Å². The Kier molecular flexibility index (Phi) is 3.80. The van der Waals surface area contributed by atoms with E-state index < -0.39 is 14.9 Å². The number of hydrogen-bond acceptors (Lipinski definition) is 3. The van der Waals surface area contributed by atoms with E-state index in [9.17, 15) is 12.8 Å². The van der Waals surface area contributed by atoms with Gasteiger partial charge in [-0.15, -0.1) is 11.8 Å². The van der Waals surface area contributed by atoms with Crippen molar-refractivity contribution in [1.82, 2.24) is 0 Å². The minimum atomic E-state index is -3.61. The van der Waals surface area contributed by atoms with E-state index in [4.69, 9.17) is 10.7 Å². The summed E-state index contributed by atoms with van der Waals surface area (Å²) in [5.41, 5.74) is 0.357. The largest absolute Gasteiger partial charge is 0.236 e. The van der Waals surface area contributed by atoms with Gasteiger partial charge in [-0.3, -0.25) is 0 Å². The Morgan fingerprint density at radius 2 is 2.14 bits per heavy atom. The highest BCUT2D eigenvalue weighted by molar-refractivity contribution is 8.13. The molecular weight excluding hydrogens is 247 g/mol. The second kappa shape index (κ2) is 4.51. The molecule has 0 aliphatic rings. The molecule has 1 rings (SSSR count).